The lowest BCUT2D eigenvalue weighted by molar-refractivity contribution is 0.0423. The molecule has 0 bridgehead atoms. The molecule has 3 aromatic rings. The van der Waals surface area contributed by atoms with Gasteiger partial charge in [0.25, 0.3) is 0 Å². The van der Waals surface area contributed by atoms with Crippen molar-refractivity contribution < 1.29 is 28.2 Å². The first kappa shape index (κ1) is 20.2. The monoisotopic (exact) mass is 414 g/mol. The number of nitrogens with two attached hydrogens (primary N) is 1. The van der Waals surface area contributed by atoms with E-state index in [0.29, 0.717) is 16.9 Å². The fraction of sp³-hybridized carbons (Fsp3) is 0.250. The van der Waals surface area contributed by atoms with Gasteiger partial charge in [0.2, 0.25) is 5.76 Å². The average Bonchev–Trinajstić information content (AvgIpc) is 3.22. The molecule has 2 N–H and O–H groups in total. The zero-order valence-corrected chi connectivity index (χ0v) is 16.8. The normalized spacial score (nSPS) is 10.6. The van der Waals surface area contributed by atoms with Crippen molar-refractivity contribution in [2.75, 3.05) is 19.5 Å². The van der Waals surface area contributed by atoms with E-state index < -0.39 is 11.9 Å². The number of ether oxygens (including phenoxy) is 3. The topological polar surface area (TPSA) is 125 Å². The maximum Gasteiger partial charge on any atom is 0.374 e. The van der Waals surface area contributed by atoms with Crippen LogP contribution < -0.4 is 10.5 Å². The molecule has 2 aromatic heterocycles. The summed E-state index contributed by atoms with van der Waals surface area (Å²) in [7, 11) is 1.55. The third-order valence-electron chi connectivity index (χ3n) is 4.28. The molecule has 0 saturated heterocycles. The number of hydrogen-bond acceptors (Lipinski definition) is 9. The van der Waals surface area contributed by atoms with Crippen molar-refractivity contribution in [3.05, 3.63) is 45.5 Å². The van der Waals surface area contributed by atoms with Crippen LogP contribution in [0.25, 0.3) is 11.0 Å². The molecule has 0 amide bonds. The SMILES string of the molecule is CCOC(=O)c1sc(N)c(C#N)c1COC(=O)c1oc2ccc(OC)cc2c1C. The van der Waals surface area contributed by atoms with E-state index in [-0.39, 0.29) is 40.0 Å². The number of methoxy groups -OCH3 is 1. The van der Waals surface area contributed by atoms with E-state index in [0.717, 1.165) is 16.7 Å². The number of esters is 2. The van der Waals surface area contributed by atoms with Gasteiger partial charge in [-0.05, 0) is 32.0 Å². The lowest BCUT2D eigenvalue weighted by Crippen LogP contribution is -2.10. The number of aryl methyl sites for hydroxylation is 1. The summed E-state index contributed by atoms with van der Waals surface area (Å²) >= 11 is 0.924. The highest BCUT2D eigenvalue weighted by Crippen LogP contribution is 2.33. The number of nitrogen functional groups attached to an aromatic ring is 1. The Morgan fingerprint density at radius 2 is 2.03 bits per heavy atom. The number of carbonyl (C=O) groups is 2. The van der Waals surface area contributed by atoms with E-state index in [4.69, 9.17) is 24.4 Å². The van der Waals surface area contributed by atoms with Crippen molar-refractivity contribution in [1.82, 2.24) is 0 Å². The maximum absolute atomic E-state index is 12.6. The molecule has 1 aromatic carbocycles. The highest BCUT2D eigenvalue weighted by molar-refractivity contribution is 7.18. The summed E-state index contributed by atoms with van der Waals surface area (Å²) < 4.78 is 21.1. The Morgan fingerprint density at radius 1 is 1.28 bits per heavy atom. The van der Waals surface area contributed by atoms with E-state index >= 15 is 0 Å². The van der Waals surface area contributed by atoms with Gasteiger partial charge in [-0.25, -0.2) is 9.59 Å². The summed E-state index contributed by atoms with van der Waals surface area (Å²) in [6, 6.07) is 7.12. The van der Waals surface area contributed by atoms with Gasteiger partial charge in [-0.3, -0.25) is 0 Å². The van der Waals surface area contributed by atoms with Crippen molar-refractivity contribution in [3.8, 4) is 11.8 Å². The quantitative estimate of drug-likeness (QED) is 0.604. The average molecular weight is 414 g/mol. The molecule has 150 valence electrons. The Balaban J connectivity index is 1.88. The molecule has 0 fully saturated rings. The molecule has 3 rings (SSSR count). The molecule has 0 saturated carbocycles. The molecule has 0 aliphatic rings. The van der Waals surface area contributed by atoms with E-state index in [1.54, 1.807) is 39.2 Å². The van der Waals surface area contributed by atoms with Gasteiger partial charge in [0, 0.05) is 16.5 Å². The van der Waals surface area contributed by atoms with Crippen molar-refractivity contribution >= 4 is 39.2 Å². The largest absolute Gasteiger partial charge is 0.497 e. The number of carbonyl (C=O) groups excluding carboxylic acids is 2. The molecule has 0 atom stereocenters. The molecular weight excluding hydrogens is 396 g/mol. The van der Waals surface area contributed by atoms with Gasteiger partial charge in [0.1, 0.15) is 33.9 Å². The van der Waals surface area contributed by atoms with Crippen molar-refractivity contribution in [3.63, 3.8) is 0 Å². The third kappa shape index (κ3) is 3.75. The van der Waals surface area contributed by atoms with E-state index in [2.05, 4.69) is 0 Å². The number of rotatable bonds is 6. The van der Waals surface area contributed by atoms with Crippen LogP contribution in [0.1, 0.15) is 43.8 Å². The number of benzene rings is 1. The predicted molar refractivity (Wildman–Crippen MR) is 106 cm³/mol. The van der Waals surface area contributed by atoms with Gasteiger partial charge in [0.15, 0.2) is 0 Å². The number of anilines is 1. The number of fused-ring (bicyclic) bond motifs is 1. The number of hydrogen-bond donors (Lipinski definition) is 1. The molecule has 0 aliphatic carbocycles. The Morgan fingerprint density at radius 3 is 2.69 bits per heavy atom. The van der Waals surface area contributed by atoms with Gasteiger partial charge in [0.05, 0.1) is 19.3 Å². The molecule has 9 heteroatoms. The number of nitriles is 1. The van der Waals surface area contributed by atoms with E-state index in [1.807, 2.05) is 6.07 Å². The van der Waals surface area contributed by atoms with Crippen LogP contribution in [-0.4, -0.2) is 25.7 Å². The molecule has 8 nitrogen and oxygen atoms in total. The second-order valence-corrected chi connectivity index (χ2v) is 7.03. The smallest absolute Gasteiger partial charge is 0.374 e. The van der Waals surface area contributed by atoms with Crippen LogP contribution in [0.3, 0.4) is 0 Å². The summed E-state index contributed by atoms with van der Waals surface area (Å²) in [6.07, 6.45) is 0. The first-order valence-electron chi connectivity index (χ1n) is 8.63. The summed E-state index contributed by atoms with van der Waals surface area (Å²) in [5.74, 6) is -0.676. The number of furan rings is 1. The summed E-state index contributed by atoms with van der Waals surface area (Å²) in [5.41, 5.74) is 7.25. The van der Waals surface area contributed by atoms with Gasteiger partial charge in [-0.2, -0.15) is 5.26 Å². The van der Waals surface area contributed by atoms with Gasteiger partial charge in [-0.15, -0.1) is 11.3 Å². The summed E-state index contributed by atoms with van der Waals surface area (Å²) in [5, 5.41) is 10.2. The molecule has 0 spiro atoms. The minimum absolute atomic E-state index is 0.0349. The van der Waals surface area contributed by atoms with Crippen molar-refractivity contribution in [2.24, 2.45) is 0 Å². The number of nitrogens with zero attached hydrogens (tertiary/aromatic N) is 1. The van der Waals surface area contributed by atoms with Crippen molar-refractivity contribution in [2.45, 2.75) is 20.5 Å². The van der Waals surface area contributed by atoms with Crippen LogP contribution in [0.4, 0.5) is 5.00 Å². The first-order valence-corrected chi connectivity index (χ1v) is 9.45. The Hall–Kier alpha value is -3.51. The minimum Gasteiger partial charge on any atom is -0.497 e. The van der Waals surface area contributed by atoms with Crippen LogP contribution in [0.5, 0.6) is 5.75 Å². The van der Waals surface area contributed by atoms with Crippen molar-refractivity contribution in [1.29, 1.82) is 5.26 Å². The van der Waals surface area contributed by atoms with Gasteiger partial charge in [-0.1, -0.05) is 0 Å². The second-order valence-electron chi connectivity index (χ2n) is 5.98. The summed E-state index contributed by atoms with van der Waals surface area (Å²) in [4.78, 5) is 24.9. The third-order valence-corrected chi connectivity index (χ3v) is 5.32. The number of thiophene rings is 1. The van der Waals surface area contributed by atoms with Gasteiger partial charge < -0.3 is 24.4 Å². The van der Waals surface area contributed by atoms with E-state index in [9.17, 15) is 14.9 Å². The summed E-state index contributed by atoms with van der Waals surface area (Å²) in [6.45, 7) is 3.25. The maximum atomic E-state index is 12.6. The van der Waals surface area contributed by atoms with E-state index in [1.165, 1.54) is 0 Å². The Labute approximate surface area is 170 Å². The Kier molecular flexibility index (Phi) is 5.75. The molecule has 29 heavy (non-hydrogen) atoms. The lowest BCUT2D eigenvalue weighted by atomic mass is 10.1. The highest BCUT2D eigenvalue weighted by Gasteiger charge is 2.25. The molecule has 0 aliphatic heterocycles. The van der Waals surface area contributed by atoms with Crippen LogP contribution in [-0.2, 0) is 16.1 Å². The Bertz CT molecular complexity index is 1140. The van der Waals surface area contributed by atoms with Gasteiger partial charge >= 0.3 is 11.9 Å². The minimum atomic E-state index is -0.721. The van der Waals surface area contributed by atoms with Crippen LogP contribution in [0.15, 0.2) is 22.6 Å². The standard InChI is InChI=1S/C20H18N2O6S/c1-4-26-20(24)17-14(13(8-21)18(22)29-17)9-27-19(23)16-10(2)12-7-11(25-3)5-6-15(12)28-16/h5-7H,4,9,22H2,1-3H3. The lowest BCUT2D eigenvalue weighted by Gasteiger charge is -2.06. The zero-order valence-electron chi connectivity index (χ0n) is 16.0. The fourth-order valence-electron chi connectivity index (χ4n) is 2.83. The first-order chi connectivity index (χ1) is 13.9. The van der Waals surface area contributed by atoms with Crippen LogP contribution in [0, 0.1) is 18.3 Å². The molecule has 0 radical (unpaired) electrons. The molecule has 2 heterocycles. The van der Waals surface area contributed by atoms with Crippen LogP contribution in [0.2, 0.25) is 0 Å². The highest BCUT2D eigenvalue weighted by atomic mass is 32.1. The zero-order chi connectivity index (χ0) is 21.1. The second kappa shape index (κ2) is 8.24. The fourth-order valence-corrected chi connectivity index (χ4v) is 3.75. The molecule has 0 unspecified atom stereocenters. The predicted octanol–water partition coefficient (Wildman–Crippen LogP) is 3.80. The molecular formula is C20H18N2O6S. The van der Waals surface area contributed by atoms with Crippen LogP contribution >= 0.6 is 11.3 Å².